The fourth-order valence-electron chi connectivity index (χ4n) is 4.39. The average Bonchev–Trinajstić information content (AvgIpc) is 3.22. The first kappa shape index (κ1) is 16.1. The minimum absolute atomic E-state index is 0.118. The van der Waals surface area contributed by atoms with Crippen LogP contribution in [-0.2, 0) is 21.6 Å². The van der Waals surface area contributed by atoms with Gasteiger partial charge in [0.25, 0.3) is 0 Å². The van der Waals surface area contributed by atoms with Crippen molar-refractivity contribution in [2.75, 3.05) is 13.1 Å². The molecule has 1 fully saturated rings. The normalized spacial score (nSPS) is 17.9. The van der Waals surface area contributed by atoms with Crippen LogP contribution in [0.25, 0.3) is 10.9 Å². The van der Waals surface area contributed by atoms with E-state index >= 15 is 0 Å². The minimum Gasteiger partial charge on any atom is -0.450 e. The fourth-order valence-corrected chi connectivity index (χ4v) is 4.39. The molecule has 0 saturated carbocycles. The molecule has 5 heteroatoms. The molecule has 2 aromatic carbocycles. The van der Waals surface area contributed by atoms with Crippen LogP contribution < -0.4 is 0 Å². The fraction of sp³-hybridized carbons (Fsp3) is 0.273. The van der Waals surface area contributed by atoms with Crippen molar-refractivity contribution in [1.82, 2.24) is 9.88 Å². The molecule has 1 saturated heterocycles. The summed E-state index contributed by atoms with van der Waals surface area (Å²) in [5.41, 5.74) is 3.14. The van der Waals surface area contributed by atoms with Gasteiger partial charge in [-0.1, -0.05) is 36.4 Å². The van der Waals surface area contributed by atoms with E-state index in [9.17, 15) is 9.59 Å². The van der Waals surface area contributed by atoms with Crippen molar-refractivity contribution in [3.63, 3.8) is 0 Å². The SMILES string of the molecule is O=C1OC2(CCN(C(=O)Cc3c[nH]c4ccccc34)CC2)c2ccccc21. The lowest BCUT2D eigenvalue weighted by Gasteiger charge is -2.38. The van der Waals surface area contributed by atoms with Crippen LogP contribution in [0.4, 0.5) is 0 Å². The summed E-state index contributed by atoms with van der Waals surface area (Å²) >= 11 is 0. The van der Waals surface area contributed by atoms with Crippen molar-refractivity contribution in [2.45, 2.75) is 24.9 Å². The molecule has 2 aliphatic heterocycles. The number of hydrogen-bond donors (Lipinski definition) is 1. The topological polar surface area (TPSA) is 62.4 Å². The number of aromatic amines is 1. The van der Waals surface area contributed by atoms with Gasteiger partial charge < -0.3 is 14.6 Å². The number of esters is 1. The van der Waals surface area contributed by atoms with Gasteiger partial charge in [-0.15, -0.1) is 0 Å². The van der Waals surface area contributed by atoms with Gasteiger partial charge >= 0.3 is 5.97 Å². The number of carbonyl (C=O) groups is 2. The van der Waals surface area contributed by atoms with Gasteiger partial charge in [-0.05, 0) is 17.7 Å². The second-order valence-corrected chi connectivity index (χ2v) is 7.35. The van der Waals surface area contributed by atoms with Crippen molar-refractivity contribution in [2.24, 2.45) is 0 Å². The van der Waals surface area contributed by atoms with Crippen LogP contribution in [-0.4, -0.2) is 34.8 Å². The van der Waals surface area contributed by atoms with E-state index in [2.05, 4.69) is 4.98 Å². The van der Waals surface area contributed by atoms with Gasteiger partial charge in [0, 0.05) is 48.6 Å². The van der Waals surface area contributed by atoms with Crippen LogP contribution in [0.3, 0.4) is 0 Å². The molecular weight excluding hydrogens is 340 g/mol. The lowest BCUT2D eigenvalue weighted by molar-refractivity contribution is -0.134. The summed E-state index contributed by atoms with van der Waals surface area (Å²) in [6.07, 6.45) is 3.60. The second-order valence-electron chi connectivity index (χ2n) is 7.35. The maximum atomic E-state index is 12.8. The van der Waals surface area contributed by atoms with E-state index in [1.807, 2.05) is 59.6 Å². The number of rotatable bonds is 2. The number of ether oxygens (including phenoxy) is 1. The summed E-state index contributed by atoms with van der Waals surface area (Å²) < 4.78 is 5.77. The standard InChI is InChI=1S/C22H20N2O3/c25-20(13-15-14-23-19-8-4-2-5-16(15)19)24-11-9-22(10-12-24)18-7-3-1-6-17(18)21(26)27-22/h1-8,14,23H,9-13H2. The Labute approximate surface area is 156 Å². The quantitative estimate of drug-likeness (QED) is 0.713. The predicted octanol–water partition coefficient (Wildman–Crippen LogP) is 3.40. The number of hydrogen-bond acceptors (Lipinski definition) is 3. The number of fused-ring (bicyclic) bond motifs is 3. The minimum atomic E-state index is -0.564. The van der Waals surface area contributed by atoms with Gasteiger partial charge in [0.15, 0.2) is 0 Å². The first-order chi connectivity index (χ1) is 13.2. The number of piperidine rings is 1. The highest BCUT2D eigenvalue weighted by Gasteiger charge is 2.47. The number of likely N-dealkylation sites (tertiary alicyclic amines) is 1. The Bertz CT molecular complexity index is 1040. The molecule has 0 aliphatic carbocycles. The molecule has 0 unspecified atom stereocenters. The van der Waals surface area contributed by atoms with Gasteiger partial charge in [-0.25, -0.2) is 4.79 Å². The Kier molecular flexibility index (Phi) is 3.57. The van der Waals surface area contributed by atoms with Crippen molar-refractivity contribution < 1.29 is 14.3 Å². The van der Waals surface area contributed by atoms with Crippen LogP contribution in [0.2, 0.25) is 0 Å². The van der Waals surface area contributed by atoms with Crippen LogP contribution in [0, 0.1) is 0 Å². The first-order valence-electron chi connectivity index (χ1n) is 9.32. The van der Waals surface area contributed by atoms with Crippen LogP contribution >= 0.6 is 0 Å². The number of nitrogens with one attached hydrogen (secondary N) is 1. The van der Waals surface area contributed by atoms with E-state index < -0.39 is 5.60 Å². The number of nitrogens with zero attached hydrogens (tertiary/aromatic N) is 1. The van der Waals surface area contributed by atoms with Crippen LogP contribution in [0.1, 0.15) is 34.3 Å². The van der Waals surface area contributed by atoms with E-state index in [-0.39, 0.29) is 11.9 Å². The molecule has 136 valence electrons. The Morgan fingerprint density at radius 3 is 2.67 bits per heavy atom. The predicted molar refractivity (Wildman–Crippen MR) is 101 cm³/mol. The maximum absolute atomic E-state index is 12.8. The summed E-state index contributed by atoms with van der Waals surface area (Å²) in [7, 11) is 0. The molecule has 1 aromatic heterocycles. The third-order valence-corrected chi connectivity index (χ3v) is 5.87. The van der Waals surface area contributed by atoms with Crippen molar-refractivity contribution in [1.29, 1.82) is 0 Å². The summed E-state index contributed by atoms with van der Waals surface area (Å²) in [6, 6.07) is 15.6. The molecular formula is C22H20N2O3. The van der Waals surface area contributed by atoms with Crippen LogP contribution in [0.15, 0.2) is 54.7 Å². The summed E-state index contributed by atoms with van der Waals surface area (Å²) in [5, 5.41) is 1.10. The number of benzene rings is 2. The van der Waals surface area contributed by atoms with Gasteiger partial charge in [0.1, 0.15) is 5.60 Å². The number of aromatic nitrogens is 1. The number of H-pyrrole nitrogens is 1. The Morgan fingerprint density at radius 2 is 1.81 bits per heavy atom. The highest BCUT2D eigenvalue weighted by atomic mass is 16.6. The lowest BCUT2D eigenvalue weighted by Crippen LogP contribution is -2.45. The van der Waals surface area contributed by atoms with E-state index in [1.165, 1.54) is 0 Å². The first-order valence-corrected chi connectivity index (χ1v) is 9.32. The zero-order valence-electron chi connectivity index (χ0n) is 14.9. The summed E-state index contributed by atoms with van der Waals surface area (Å²) in [4.78, 5) is 30.1. The largest absolute Gasteiger partial charge is 0.450 e. The van der Waals surface area contributed by atoms with Crippen molar-refractivity contribution in [3.05, 3.63) is 71.4 Å². The average molecular weight is 360 g/mol. The van der Waals surface area contributed by atoms with Crippen molar-refractivity contribution >= 4 is 22.8 Å². The molecule has 5 nitrogen and oxygen atoms in total. The van der Waals surface area contributed by atoms with Crippen LogP contribution in [0.5, 0.6) is 0 Å². The molecule has 5 rings (SSSR count). The highest BCUT2D eigenvalue weighted by Crippen LogP contribution is 2.44. The Balaban J connectivity index is 1.31. The Hall–Kier alpha value is -3.08. The molecule has 2 aliphatic rings. The smallest absolute Gasteiger partial charge is 0.339 e. The molecule has 3 heterocycles. The maximum Gasteiger partial charge on any atom is 0.339 e. The summed E-state index contributed by atoms with van der Waals surface area (Å²) in [5.74, 6) is -0.128. The van der Waals surface area contributed by atoms with Gasteiger partial charge in [0.05, 0.1) is 12.0 Å². The van der Waals surface area contributed by atoms with Crippen molar-refractivity contribution in [3.8, 4) is 0 Å². The molecule has 1 amide bonds. The van der Waals surface area contributed by atoms with Gasteiger partial charge in [-0.2, -0.15) is 0 Å². The molecule has 0 atom stereocenters. The van der Waals surface area contributed by atoms with E-state index in [0.29, 0.717) is 37.9 Å². The molecule has 0 radical (unpaired) electrons. The van der Waals surface area contributed by atoms with Gasteiger partial charge in [-0.3, -0.25) is 4.79 Å². The van der Waals surface area contributed by atoms with E-state index in [4.69, 9.17) is 4.74 Å². The third-order valence-electron chi connectivity index (χ3n) is 5.87. The number of amides is 1. The second kappa shape index (κ2) is 5.98. The highest BCUT2D eigenvalue weighted by molar-refractivity contribution is 5.95. The lowest BCUT2D eigenvalue weighted by atomic mass is 9.83. The monoisotopic (exact) mass is 360 g/mol. The van der Waals surface area contributed by atoms with E-state index in [0.717, 1.165) is 22.0 Å². The molecule has 0 bridgehead atoms. The summed E-state index contributed by atoms with van der Waals surface area (Å²) in [6.45, 7) is 1.20. The number of carbonyl (C=O) groups excluding carboxylic acids is 2. The number of para-hydroxylation sites is 1. The molecule has 3 aromatic rings. The van der Waals surface area contributed by atoms with Gasteiger partial charge in [0.2, 0.25) is 5.91 Å². The zero-order valence-corrected chi connectivity index (χ0v) is 14.9. The van der Waals surface area contributed by atoms with E-state index in [1.54, 1.807) is 0 Å². The molecule has 27 heavy (non-hydrogen) atoms. The zero-order chi connectivity index (χ0) is 18.4. The Morgan fingerprint density at radius 1 is 1.07 bits per heavy atom. The molecule has 1 spiro atoms. The third kappa shape index (κ3) is 2.53. The molecule has 1 N–H and O–H groups in total.